The van der Waals surface area contributed by atoms with Gasteiger partial charge in [-0.3, -0.25) is 4.90 Å². The zero-order valence-electron chi connectivity index (χ0n) is 16.5. The number of hydrogen-bond acceptors (Lipinski definition) is 6. The van der Waals surface area contributed by atoms with Crippen molar-refractivity contribution in [3.63, 3.8) is 0 Å². The number of methoxy groups -OCH3 is 2. The fraction of sp³-hybridized carbons (Fsp3) is 0.500. The average molecular weight is 430 g/mol. The minimum Gasteiger partial charge on any atom is -0.497 e. The van der Waals surface area contributed by atoms with Crippen LogP contribution in [0.15, 0.2) is 29.3 Å². The number of sulfonamides is 1. The van der Waals surface area contributed by atoms with Crippen molar-refractivity contribution < 1.29 is 26.7 Å². The molecule has 8 nitrogen and oxygen atoms in total. The summed E-state index contributed by atoms with van der Waals surface area (Å²) in [6, 6.07) is 5.57. The average Bonchev–Trinajstić information content (AvgIpc) is 3.11. The van der Waals surface area contributed by atoms with Gasteiger partial charge in [-0.05, 0) is 13.0 Å². The van der Waals surface area contributed by atoms with Crippen LogP contribution in [-0.4, -0.2) is 67.8 Å². The summed E-state index contributed by atoms with van der Waals surface area (Å²) in [7, 11) is -0.703. The standard InChI is InChI=1S/C18H24F2N4O4S/c1-13-17(12-24(21-13)18(19)20)29(25,26)23-8-6-22(7-9-23)11-14-4-5-15(27-2)10-16(14)28-3/h4-5,10,12,18H,6-9,11H2,1-3H3. The van der Waals surface area contributed by atoms with Crippen LogP contribution in [0.1, 0.15) is 17.8 Å². The van der Waals surface area contributed by atoms with E-state index in [9.17, 15) is 17.2 Å². The number of halogens is 2. The molecule has 29 heavy (non-hydrogen) atoms. The van der Waals surface area contributed by atoms with Crippen molar-refractivity contribution in [1.82, 2.24) is 19.0 Å². The van der Waals surface area contributed by atoms with Crippen LogP contribution in [0.25, 0.3) is 0 Å². The van der Waals surface area contributed by atoms with E-state index in [1.165, 1.54) is 11.2 Å². The van der Waals surface area contributed by atoms with Crippen molar-refractivity contribution in [2.45, 2.75) is 24.9 Å². The summed E-state index contributed by atoms with van der Waals surface area (Å²) in [6.45, 7) is 0.683. The Kier molecular flexibility index (Phi) is 6.39. The second kappa shape index (κ2) is 8.64. The summed E-state index contributed by atoms with van der Waals surface area (Å²) < 4.78 is 63.7. The summed E-state index contributed by atoms with van der Waals surface area (Å²) in [5.41, 5.74) is 1.04. The van der Waals surface area contributed by atoms with E-state index in [-0.39, 0.29) is 23.7 Å². The summed E-state index contributed by atoms with van der Waals surface area (Å²) in [6.07, 6.45) is 0.893. The van der Waals surface area contributed by atoms with Crippen LogP contribution < -0.4 is 9.47 Å². The first-order chi connectivity index (χ1) is 13.8. The van der Waals surface area contributed by atoms with Crippen LogP contribution in [0, 0.1) is 6.92 Å². The molecule has 0 amide bonds. The Labute approximate surface area is 168 Å². The van der Waals surface area contributed by atoms with Gasteiger partial charge in [0.2, 0.25) is 10.0 Å². The molecule has 0 bridgehead atoms. The van der Waals surface area contributed by atoms with E-state index < -0.39 is 16.6 Å². The molecule has 1 aromatic carbocycles. The molecule has 2 heterocycles. The molecule has 1 aliphatic heterocycles. The molecule has 0 aliphatic carbocycles. The number of hydrogen-bond donors (Lipinski definition) is 0. The van der Waals surface area contributed by atoms with Crippen molar-refractivity contribution in [3.05, 3.63) is 35.7 Å². The highest BCUT2D eigenvalue weighted by atomic mass is 32.2. The minimum atomic E-state index is -3.87. The van der Waals surface area contributed by atoms with E-state index in [1.807, 2.05) is 12.1 Å². The third-order valence-electron chi connectivity index (χ3n) is 4.91. The molecular weight excluding hydrogens is 406 g/mol. The van der Waals surface area contributed by atoms with E-state index in [2.05, 4.69) is 10.00 Å². The fourth-order valence-corrected chi connectivity index (χ4v) is 4.89. The molecule has 160 valence electrons. The van der Waals surface area contributed by atoms with E-state index >= 15 is 0 Å². The predicted molar refractivity (Wildman–Crippen MR) is 102 cm³/mol. The molecule has 11 heteroatoms. The van der Waals surface area contributed by atoms with Crippen molar-refractivity contribution in [3.8, 4) is 11.5 Å². The van der Waals surface area contributed by atoms with E-state index in [1.54, 1.807) is 20.3 Å². The first-order valence-electron chi connectivity index (χ1n) is 9.03. The van der Waals surface area contributed by atoms with Crippen LogP contribution in [0.5, 0.6) is 11.5 Å². The summed E-state index contributed by atoms with van der Waals surface area (Å²) in [5.74, 6) is 1.40. The van der Waals surface area contributed by atoms with Gasteiger partial charge < -0.3 is 9.47 Å². The zero-order chi connectivity index (χ0) is 21.2. The Balaban J connectivity index is 1.67. The number of aromatic nitrogens is 2. The molecule has 0 atom stereocenters. The van der Waals surface area contributed by atoms with Crippen LogP contribution in [0.4, 0.5) is 8.78 Å². The van der Waals surface area contributed by atoms with Crippen molar-refractivity contribution in [1.29, 1.82) is 0 Å². The molecule has 1 aliphatic rings. The topological polar surface area (TPSA) is 76.9 Å². The number of piperazine rings is 1. The molecule has 2 aromatic rings. The number of alkyl halides is 2. The monoisotopic (exact) mass is 430 g/mol. The fourth-order valence-electron chi connectivity index (χ4n) is 3.31. The summed E-state index contributed by atoms with van der Waals surface area (Å²) >= 11 is 0. The molecule has 0 saturated carbocycles. The van der Waals surface area contributed by atoms with Crippen LogP contribution in [-0.2, 0) is 16.6 Å². The van der Waals surface area contributed by atoms with Crippen LogP contribution in [0.3, 0.4) is 0 Å². The summed E-state index contributed by atoms with van der Waals surface area (Å²) in [4.78, 5) is 1.94. The van der Waals surface area contributed by atoms with Crippen molar-refractivity contribution >= 4 is 10.0 Å². The first-order valence-corrected chi connectivity index (χ1v) is 10.5. The van der Waals surface area contributed by atoms with Crippen LogP contribution >= 0.6 is 0 Å². The van der Waals surface area contributed by atoms with Crippen LogP contribution in [0.2, 0.25) is 0 Å². The highest BCUT2D eigenvalue weighted by molar-refractivity contribution is 7.89. The van der Waals surface area contributed by atoms with Gasteiger partial charge >= 0.3 is 6.55 Å². The Morgan fingerprint density at radius 1 is 1.14 bits per heavy atom. The van der Waals surface area contributed by atoms with E-state index in [4.69, 9.17) is 9.47 Å². The Morgan fingerprint density at radius 3 is 2.38 bits per heavy atom. The highest BCUT2D eigenvalue weighted by Gasteiger charge is 2.32. The lowest BCUT2D eigenvalue weighted by Crippen LogP contribution is -2.48. The smallest absolute Gasteiger partial charge is 0.333 e. The van der Waals surface area contributed by atoms with Gasteiger partial charge in [-0.2, -0.15) is 18.2 Å². The Hall–Kier alpha value is -2.24. The van der Waals surface area contributed by atoms with E-state index in [0.29, 0.717) is 35.8 Å². The van der Waals surface area contributed by atoms with Gasteiger partial charge in [0, 0.05) is 44.4 Å². The van der Waals surface area contributed by atoms with Gasteiger partial charge in [0.25, 0.3) is 0 Å². The molecule has 1 saturated heterocycles. The predicted octanol–water partition coefficient (Wildman–Crippen LogP) is 2.11. The lowest BCUT2D eigenvalue weighted by Gasteiger charge is -2.34. The lowest BCUT2D eigenvalue weighted by atomic mass is 10.1. The maximum Gasteiger partial charge on any atom is 0.333 e. The zero-order valence-corrected chi connectivity index (χ0v) is 17.3. The molecule has 1 fully saturated rings. The third-order valence-corrected chi connectivity index (χ3v) is 6.91. The Morgan fingerprint density at radius 2 is 1.83 bits per heavy atom. The van der Waals surface area contributed by atoms with Gasteiger partial charge in [0.05, 0.1) is 26.1 Å². The largest absolute Gasteiger partial charge is 0.497 e. The van der Waals surface area contributed by atoms with Gasteiger partial charge in [-0.25, -0.2) is 13.1 Å². The number of rotatable bonds is 7. The second-order valence-electron chi connectivity index (χ2n) is 6.69. The molecule has 0 unspecified atom stereocenters. The molecular formula is C18H24F2N4O4S. The minimum absolute atomic E-state index is 0.0655. The molecule has 3 rings (SSSR count). The summed E-state index contributed by atoms with van der Waals surface area (Å²) in [5, 5.41) is 3.60. The van der Waals surface area contributed by atoms with Crippen molar-refractivity contribution in [2.75, 3.05) is 40.4 Å². The van der Waals surface area contributed by atoms with Gasteiger partial charge in [0.1, 0.15) is 16.4 Å². The molecule has 0 spiro atoms. The molecule has 0 N–H and O–H groups in total. The SMILES string of the molecule is COc1ccc(CN2CCN(S(=O)(=O)c3cn(C(F)F)nc3C)CC2)c(OC)c1. The number of benzene rings is 1. The molecule has 0 radical (unpaired) electrons. The van der Waals surface area contributed by atoms with Gasteiger partial charge in [0.15, 0.2) is 0 Å². The third kappa shape index (κ3) is 4.51. The lowest BCUT2D eigenvalue weighted by molar-refractivity contribution is 0.0561. The first kappa shape index (κ1) is 21.5. The second-order valence-corrected chi connectivity index (χ2v) is 8.60. The maximum absolute atomic E-state index is 12.9. The molecule has 1 aromatic heterocycles. The van der Waals surface area contributed by atoms with Crippen molar-refractivity contribution in [2.24, 2.45) is 0 Å². The number of aryl methyl sites for hydroxylation is 1. The van der Waals surface area contributed by atoms with E-state index in [0.717, 1.165) is 11.8 Å². The quantitative estimate of drug-likeness (QED) is 0.670. The van der Waals surface area contributed by atoms with Gasteiger partial charge in [-0.15, -0.1) is 0 Å². The Bertz CT molecular complexity index is 957. The highest BCUT2D eigenvalue weighted by Crippen LogP contribution is 2.27. The number of ether oxygens (including phenoxy) is 2. The normalized spacial score (nSPS) is 16.3. The maximum atomic E-state index is 12.9. The van der Waals surface area contributed by atoms with Gasteiger partial charge in [-0.1, -0.05) is 6.07 Å². The number of nitrogens with zero attached hydrogens (tertiary/aromatic N) is 4.